The molecule has 86 valence electrons. The van der Waals surface area contributed by atoms with Gasteiger partial charge < -0.3 is 5.32 Å². The first kappa shape index (κ1) is 12.5. The molecule has 2 heterocycles. The van der Waals surface area contributed by atoms with Gasteiger partial charge in [-0.1, -0.05) is 0 Å². The third kappa shape index (κ3) is 3.18. The molecule has 2 amide bonds. The number of carbonyl (C=O) groups excluding carboxylic acids is 2. The lowest BCUT2D eigenvalue weighted by Gasteiger charge is -2.23. The molecule has 2 aliphatic heterocycles. The molecule has 0 saturated carbocycles. The van der Waals surface area contributed by atoms with Crippen molar-refractivity contribution in [1.82, 2.24) is 10.6 Å². The number of hydrogen-bond acceptors (Lipinski definition) is 3. The third-order valence-electron chi connectivity index (χ3n) is 3.14. The summed E-state index contributed by atoms with van der Waals surface area (Å²) in [4.78, 5) is 22.3. The summed E-state index contributed by atoms with van der Waals surface area (Å²) in [5.74, 6) is 0.408. The molecule has 2 N–H and O–H groups in total. The summed E-state index contributed by atoms with van der Waals surface area (Å²) in [5, 5.41) is 5.66. The lowest BCUT2D eigenvalue weighted by molar-refractivity contribution is -0.126. The number of piperidine rings is 1. The number of halogens is 1. The van der Waals surface area contributed by atoms with Crippen molar-refractivity contribution in [2.45, 2.75) is 25.7 Å². The van der Waals surface area contributed by atoms with E-state index in [-0.39, 0.29) is 30.1 Å². The Morgan fingerprint density at radius 1 is 1.20 bits per heavy atom. The molecule has 2 saturated heterocycles. The van der Waals surface area contributed by atoms with E-state index in [0.717, 1.165) is 32.4 Å². The van der Waals surface area contributed by atoms with E-state index in [2.05, 4.69) is 10.6 Å². The van der Waals surface area contributed by atoms with Gasteiger partial charge in [-0.05, 0) is 38.3 Å². The minimum Gasteiger partial charge on any atom is -0.317 e. The minimum absolute atomic E-state index is 0. The second-order valence-electron chi connectivity index (χ2n) is 4.24. The van der Waals surface area contributed by atoms with Gasteiger partial charge in [0.25, 0.3) is 0 Å². The first-order valence-corrected chi connectivity index (χ1v) is 5.30. The SMILES string of the molecule is Cl.O=C1CC(CC2CCNCC2)C(=O)N1. The van der Waals surface area contributed by atoms with Gasteiger partial charge in [-0.15, -0.1) is 12.4 Å². The molecule has 5 heteroatoms. The number of amides is 2. The Morgan fingerprint density at radius 3 is 2.40 bits per heavy atom. The number of imide groups is 1. The van der Waals surface area contributed by atoms with Crippen LogP contribution in [0.15, 0.2) is 0 Å². The predicted molar refractivity (Wildman–Crippen MR) is 58.7 cm³/mol. The van der Waals surface area contributed by atoms with E-state index in [4.69, 9.17) is 0 Å². The van der Waals surface area contributed by atoms with E-state index in [0.29, 0.717) is 12.3 Å². The zero-order valence-electron chi connectivity index (χ0n) is 8.62. The Bertz CT molecular complexity index is 252. The highest BCUT2D eigenvalue weighted by Crippen LogP contribution is 2.25. The highest BCUT2D eigenvalue weighted by Gasteiger charge is 2.32. The molecule has 0 bridgehead atoms. The fraction of sp³-hybridized carbons (Fsp3) is 0.800. The highest BCUT2D eigenvalue weighted by atomic mass is 35.5. The average molecular weight is 233 g/mol. The molecule has 0 aliphatic carbocycles. The molecular weight excluding hydrogens is 216 g/mol. The molecule has 2 aliphatic rings. The summed E-state index contributed by atoms with van der Waals surface area (Å²) < 4.78 is 0. The monoisotopic (exact) mass is 232 g/mol. The highest BCUT2D eigenvalue weighted by molar-refractivity contribution is 6.03. The topological polar surface area (TPSA) is 58.2 Å². The van der Waals surface area contributed by atoms with Gasteiger partial charge in [0.05, 0.1) is 0 Å². The number of nitrogens with one attached hydrogen (secondary N) is 2. The first-order valence-electron chi connectivity index (χ1n) is 5.30. The minimum atomic E-state index is -0.103. The van der Waals surface area contributed by atoms with Crippen molar-refractivity contribution in [3.8, 4) is 0 Å². The summed E-state index contributed by atoms with van der Waals surface area (Å²) in [7, 11) is 0. The van der Waals surface area contributed by atoms with Crippen molar-refractivity contribution in [2.75, 3.05) is 13.1 Å². The van der Waals surface area contributed by atoms with Crippen molar-refractivity contribution >= 4 is 24.2 Å². The Labute approximate surface area is 95.6 Å². The van der Waals surface area contributed by atoms with E-state index in [1.165, 1.54) is 0 Å². The van der Waals surface area contributed by atoms with Gasteiger partial charge in [-0.2, -0.15) is 0 Å². The van der Waals surface area contributed by atoms with Gasteiger partial charge in [-0.3, -0.25) is 14.9 Å². The Hall–Kier alpha value is -0.610. The lowest BCUT2D eigenvalue weighted by Crippen LogP contribution is -2.30. The number of carbonyl (C=O) groups is 2. The fourth-order valence-electron chi connectivity index (χ4n) is 2.32. The normalized spacial score (nSPS) is 27.3. The van der Waals surface area contributed by atoms with Crippen molar-refractivity contribution in [1.29, 1.82) is 0 Å². The van der Waals surface area contributed by atoms with Crippen molar-refractivity contribution < 1.29 is 9.59 Å². The molecule has 0 aromatic heterocycles. The predicted octanol–water partition coefficient (Wildman–Crippen LogP) is 0.461. The molecule has 0 spiro atoms. The maximum absolute atomic E-state index is 11.3. The zero-order chi connectivity index (χ0) is 9.97. The molecule has 1 atom stereocenters. The standard InChI is InChI=1S/C10H16N2O2.ClH/c13-9-6-8(10(14)12-9)5-7-1-3-11-4-2-7;/h7-8,11H,1-6H2,(H,12,13,14);1H. The summed E-state index contributed by atoms with van der Waals surface area (Å²) in [5.41, 5.74) is 0. The van der Waals surface area contributed by atoms with E-state index >= 15 is 0 Å². The maximum atomic E-state index is 11.3. The van der Waals surface area contributed by atoms with Crippen molar-refractivity contribution in [3.63, 3.8) is 0 Å². The second kappa shape index (κ2) is 5.47. The Kier molecular flexibility index (Phi) is 4.54. The van der Waals surface area contributed by atoms with Crippen LogP contribution < -0.4 is 10.6 Å². The van der Waals surface area contributed by atoms with Gasteiger partial charge in [-0.25, -0.2) is 0 Å². The van der Waals surface area contributed by atoms with Crippen LogP contribution in [0, 0.1) is 11.8 Å². The van der Waals surface area contributed by atoms with Gasteiger partial charge >= 0.3 is 0 Å². The van der Waals surface area contributed by atoms with Gasteiger partial charge in [0, 0.05) is 12.3 Å². The smallest absolute Gasteiger partial charge is 0.230 e. The largest absolute Gasteiger partial charge is 0.317 e. The van der Waals surface area contributed by atoms with Crippen LogP contribution in [-0.4, -0.2) is 24.9 Å². The van der Waals surface area contributed by atoms with Gasteiger partial charge in [0.15, 0.2) is 0 Å². The van der Waals surface area contributed by atoms with Crippen LogP contribution >= 0.6 is 12.4 Å². The molecule has 15 heavy (non-hydrogen) atoms. The Morgan fingerprint density at radius 2 is 1.87 bits per heavy atom. The zero-order valence-corrected chi connectivity index (χ0v) is 9.44. The molecule has 1 unspecified atom stereocenters. The molecule has 4 nitrogen and oxygen atoms in total. The molecular formula is C10H17ClN2O2. The third-order valence-corrected chi connectivity index (χ3v) is 3.14. The van der Waals surface area contributed by atoms with E-state index in [1.54, 1.807) is 0 Å². The quantitative estimate of drug-likeness (QED) is 0.681. The van der Waals surface area contributed by atoms with Crippen LogP contribution in [0.25, 0.3) is 0 Å². The van der Waals surface area contributed by atoms with Crippen LogP contribution in [0.2, 0.25) is 0 Å². The number of rotatable bonds is 2. The van der Waals surface area contributed by atoms with E-state index < -0.39 is 0 Å². The number of hydrogen-bond donors (Lipinski definition) is 2. The molecule has 0 aromatic rings. The summed E-state index contributed by atoms with van der Waals surface area (Å²) in [6, 6.07) is 0. The van der Waals surface area contributed by atoms with Crippen molar-refractivity contribution in [3.05, 3.63) is 0 Å². The van der Waals surface area contributed by atoms with Crippen LogP contribution in [-0.2, 0) is 9.59 Å². The fourth-order valence-corrected chi connectivity index (χ4v) is 2.32. The lowest BCUT2D eigenvalue weighted by atomic mass is 9.87. The molecule has 0 radical (unpaired) electrons. The van der Waals surface area contributed by atoms with E-state index in [9.17, 15) is 9.59 Å². The van der Waals surface area contributed by atoms with Crippen LogP contribution in [0.1, 0.15) is 25.7 Å². The first-order chi connectivity index (χ1) is 6.75. The Balaban J connectivity index is 0.00000112. The van der Waals surface area contributed by atoms with E-state index in [1.807, 2.05) is 0 Å². The summed E-state index contributed by atoms with van der Waals surface area (Å²) in [6.45, 7) is 2.10. The maximum Gasteiger partial charge on any atom is 0.230 e. The summed E-state index contributed by atoms with van der Waals surface area (Å²) in [6.07, 6.45) is 3.57. The second-order valence-corrected chi connectivity index (χ2v) is 4.24. The van der Waals surface area contributed by atoms with Gasteiger partial charge in [0.1, 0.15) is 0 Å². The van der Waals surface area contributed by atoms with Crippen LogP contribution in [0.5, 0.6) is 0 Å². The van der Waals surface area contributed by atoms with Crippen molar-refractivity contribution in [2.24, 2.45) is 11.8 Å². The van der Waals surface area contributed by atoms with Crippen LogP contribution in [0.3, 0.4) is 0 Å². The molecule has 2 rings (SSSR count). The van der Waals surface area contributed by atoms with Gasteiger partial charge in [0.2, 0.25) is 11.8 Å². The molecule has 0 aromatic carbocycles. The summed E-state index contributed by atoms with van der Waals surface area (Å²) >= 11 is 0. The van der Waals surface area contributed by atoms with Crippen LogP contribution in [0.4, 0.5) is 0 Å². The average Bonchev–Trinajstić information content (AvgIpc) is 2.47. The molecule has 2 fully saturated rings.